The van der Waals surface area contributed by atoms with Crippen molar-refractivity contribution in [2.75, 3.05) is 37.6 Å². The van der Waals surface area contributed by atoms with Crippen molar-refractivity contribution in [2.45, 2.75) is 0 Å². The molecule has 1 N–H and O–H groups in total. The average molecular weight is 219 g/mol. The molecule has 0 atom stereocenters. The fraction of sp³-hybridized carbons (Fsp3) is 0.455. The molecule has 1 radical (unpaired) electrons. The van der Waals surface area contributed by atoms with Crippen molar-refractivity contribution in [2.24, 2.45) is 0 Å². The van der Waals surface area contributed by atoms with Gasteiger partial charge in [0.25, 0.3) is 5.91 Å². The minimum atomic E-state index is -0.508. The highest BCUT2D eigenvalue weighted by Crippen LogP contribution is 2.11. The van der Waals surface area contributed by atoms with Gasteiger partial charge in [0.2, 0.25) is 0 Å². The smallest absolute Gasteiger partial charge is 0.252 e. The van der Waals surface area contributed by atoms with E-state index >= 15 is 0 Å². The van der Waals surface area contributed by atoms with Crippen molar-refractivity contribution in [1.29, 1.82) is 0 Å². The normalized spacial score (nSPS) is 17.4. The van der Waals surface area contributed by atoms with Gasteiger partial charge in [-0.25, -0.2) is 4.98 Å². The van der Waals surface area contributed by atoms with E-state index < -0.39 is 5.91 Å². The van der Waals surface area contributed by atoms with Crippen LogP contribution in [0.4, 0.5) is 5.82 Å². The molecular weight excluding hydrogens is 204 g/mol. The molecule has 1 aliphatic rings. The van der Waals surface area contributed by atoms with E-state index in [4.69, 9.17) is 5.73 Å². The summed E-state index contributed by atoms with van der Waals surface area (Å²) in [7, 11) is 0. The third-order valence-electron chi connectivity index (χ3n) is 2.71. The van der Waals surface area contributed by atoms with E-state index in [0.29, 0.717) is 0 Å². The van der Waals surface area contributed by atoms with Crippen LogP contribution in [0.1, 0.15) is 0 Å². The van der Waals surface area contributed by atoms with Gasteiger partial charge in [-0.2, -0.15) is 0 Å². The molecule has 1 saturated heterocycles. The number of rotatable bonds is 3. The zero-order valence-corrected chi connectivity index (χ0v) is 9.09. The van der Waals surface area contributed by atoms with Crippen molar-refractivity contribution in [1.82, 2.24) is 15.6 Å². The van der Waals surface area contributed by atoms with E-state index in [1.165, 1.54) is 0 Å². The quantitative estimate of drug-likeness (QED) is 0.718. The number of nitrogens with zero attached hydrogens (tertiary/aromatic N) is 3. The van der Waals surface area contributed by atoms with Crippen LogP contribution >= 0.6 is 0 Å². The summed E-state index contributed by atoms with van der Waals surface area (Å²) in [5.74, 6) is 0.477. The zero-order chi connectivity index (χ0) is 11.4. The first-order valence-corrected chi connectivity index (χ1v) is 5.38. The van der Waals surface area contributed by atoms with Crippen LogP contribution in [0.5, 0.6) is 0 Å². The molecule has 1 amide bonds. The van der Waals surface area contributed by atoms with Gasteiger partial charge in [-0.05, 0) is 12.1 Å². The van der Waals surface area contributed by atoms with Gasteiger partial charge < -0.3 is 4.90 Å². The van der Waals surface area contributed by atoms with Crippen molar-refractivity contribution in [3.05, 3.63) is 24.4 Å². The first-order valence-electron chi connectivity index (χ1n) is 5.38. The summed E-state index contributed by atoms with van der Waals surface area (Å²) in [6.07, 6.45) is 1.79. The monoisotopic (exact) mass is 219 g/mol. The van der Waals surface area contributed by atoms with E-state index in [0.717, 1.165) is 32.0 Å². The van der Waals surface area contributed by atoms with Crippen LogP contribution in [-0.4, -0.2) is 48.5 Å². The predicted octanol–water partition coefficient (Wildman–Crippen LogP) is 0.0131. The highest BCUT2D eigenvalue weighted by Gasteiger charge is 2.18. The van der Waals surface area contributed by atoms with Crippen LogP contribution in [0.3, 0.4) is 0 Å². The molecule has 1 aromatic rings. The molecule has 85 valence electrons. The Balaban J connectivity index is 1.88. The molecule has 1 fully saturated rings. The Kier molecular flexibility index (Phi) is 3.36. The molecule has 5 nitrogen and oxygen atoms in total. The summed E-state index contributed by atoms with van der Waals surface area (Å²) in [6.45, 7) is 3.62. The van der Waals surface area contributed by atoms with Crippen LogP contribution in [0.15, 0.2) is 24.4 Å². The first-order chi connectivity index (χ1) is 7.75. The Hall–Kier alpha value is -1.62. The number of amides is 1. The molecule has 1 aromatic heterocycles. The second kappa shape index (κ2) is 4.94. The van der Waals surface area contributed by atoms with E-state index in [1.54, 1.807) is 6.20 Å². The average Bonchev–Trinajstić information content (AvgIpc) is 2.30. The number of carbonyl (C=O) groups is 1. The Morgan fingerprint density at radius 2 is 2.06 bits per heavy atom. The van der Waals surface area contributed by atoms with Crippen LogP contribution in [-0.2, 0) is 4.79 Å². The van der Waals surface area contributed by atoms with Gasteiger partial charge in [-0.1, -0.05) is 6.07 Å². The number of piperazine rings is 1. The fourth-order valence-electron chi connectivity index (χ4n) is 1.88. The largest absolute Gasteiger partial charge is 0.354 e. The summed E-state index contributed by atoms with van der Waals surface area (Å²) in [5.41, 5.74) is 6.92. The van der Waals surface area contributed by atoms with Gasteiger partial charge in [0.05, 0.1) is 6.54 Å². The van der Waals surface area contributed by atoms with Gasteiger partial charge in [-0.15, -0.1) is 0 Å². The molecule has 1 aliphatic heterocycles. The number of pyridine rings is 1. The number of hydrogen-bond donors (Lipinski definition) is 0. The fourth-order valence-corrected chi connectivity index (χ4v) is 1.88. The summed E-state index contributed by atoms with van der Waals surface area (Å²) < 4.78 is 0. The topological polar surface area (TPSA) is 60.2 Å². The van der Waals surface area contributed by atoms with E-state index in [1.807, 2.05) is 23.1 Å². The second-order valence-electron chi connectivity index (χ2n) is 3.87. The van der Waals surface area contributed by atoms with Gasteiger partial charge in [0, 0.05) is 32.4 Å². The summed E-state index contributed by atoms with van der Waals surface area (Å²) in [5, 5.41) is 0. The molecular formula is C11H15N4O. The van der Waals surface area contributed by atoms with Crippen LogP contribution in [0, 0.1) is 0 Å². The van der Waals surface area contributed by atoms with E-state index in [2.05, 4.69) is 9.88 Å². The van der Waals surface area contributed by atoms with Gasteiger partial charge in [0.15, 0.2) is 0 Å². The highest BCUT2D eigenvalue weighted by atomic mass is 16.1. The Labute approximate surface area is 94.9 Å². The molecule has 0 unspecified atom stereocenters. The predicted molar refractivity (Wildman–Crippen MR) is 61.0 cm³/mol. The SMILES string of the molecule is [NH]C(=O)CN1CCN(c2ccccn2)CC1. The van der Waals surface area contributed by atoms with Gasteiger partial charge in [-0.3, -0.25) is 15.4 Å². The molecule has 2 rings (SSSR count). The summed E-state index contributed by atoms with van der Waals surface area (Å²) >= 11 is 0. The third-order valence-corrected chi connectivity index (χ3v) is 2.71. The Morgan fingerprint density at radius 1 is 1.31 bits per heavy atom. The standard InChI is InChI=1S/C11H15N4O/c12-10(16)9-14-5-7-15(8-6-14)11-3-1-2-4-13-11/h1-4,12H,5-9H2. The number of aromatic nitrogens is 1. The Morgan fingerprint density at radius 3 is 2.62 bits per heavy atom. The van der Waals surface area contributed by atoms with Crippen molar-refractivity contribution in [3.63, 3.8) is 0 Å². The molecule has 5 heteroatoms. The molecule has 0 spiro atoms. The molecule has 2 heterocycles. The maximum absolute atomic E-state index is 10.7. The highest BCUT2D eigenvalue weighted by molar-refractivity contribution is 5.75. The van der Waals surface area contributed by atoms with E-state index in [-0.39, 0.29) is 6.54 Å². The van der Waals surface area contributed by atoms with Crippen molar-refractivity contribution < 1.29 is 4.79 Å². The molecule has 0 aromatic carbocycles. The maximum atomic E-state index is 10.7. The number of nitrogens with one attached hydrogen (secondary N) is 1. The molecule has 16 heavy (non-hydrogen) atoms. The lowest BCUT2D eigenvalue weighted by molar-refractivity contribution is -0.119. The number of carbonyl (C=O) groups excluding carboxylic acids is 1. The number of anilines is 1. The molecule has 0 bridgehead atoms. The van der Waals surface area contributed by atoms with Crippen LogP contribution < -0.4 is 10.6 Å². The minimum absolute atomic E-state index is 0.246. The number of hydrogen-bond acceptors (Lipinski definition) is 4. The maximum Gasteiger partial charge on any atom is 0.252 e. The summed E-state index contributed by atoms with van der Waals surface area (Å²) in [6, 6.07) is 5.87. The lowest BCUT2D eigenvalue weighted by Crippen LogP contribution is -2.48. The third kappa shape index (κ3) is 2.70. The molecule has 0 aliphatic carbocycles. The van der Waals surface area contributed by atoms with Crippen molar-refractivity contribution in [3.8, 4) is 0 Å². The lowest BCUT2D eigenvalue weighted by Gasteiger charge is -2.34. The minimum Gasteiger partial charge on any atom is -0.354 e. The van der Waals surface area contributed by atoms with Crippen LogP contribution in [0.2, 0.25) is 0 Å². The van der Waals surface area contributed by atoms with Gasteiger partial charge in [0.1, 0.15) is 5.82 Å². The second-order valence-corrected chi connectivity index (χ2v) is 3.87. The molecule has 0 saturated carbocycles. The van der Waals surface area contributed by atoms with Crippen LogP contribution in [0.25, 0.3) is 0 Å². The summed E-state index contributed by atoms with van der Waals surface area (Å²) in [4.78, 5) is 19.2. The van der Waals surface area contributed by atoms with E-state index in [9.17, 15) is 4.79 Å². The lowest BCUT2D eigenvalue weighted by atomic mass is 10.3. The zero-order valence-electron chi connectivity index (χ0n) is 9.09. The van der Waals surface area contributed by atoms with Crippen molar-refractivity contribution >= 4 is 11.7 Å². The first kappa shape index (κ1) is 10.9. The Bertz CT molecular complexity index is 346. The van der Waals surface area contributed by atoms with Gasteiger partial charge >= 0.3 is 0 Å².